The Bertz CT molecular complexity index is 807. The molecule has 1 aromatic heterocycles. The lowest BCUT2D eigenvalue weighted by atomic mass is 10.1. The highest BCUT2D eigenvalue weighted by Crippen LogP contribution is 2.15. The first kappa shape index (κ1) is 22.6. The Morgan fingerprint density at radius 2 is 2.07 bits per heavy atom. The molecule has 1 aliphatic heterocycles. The number of aryl methyl sites for hydroxylation is 1. The number of rotatable bonds is 7. The number of halogens is 1. The molecule has 1 saturated heterocycles. The fourth-order valence-electron chi connectivity index (χ4n) is 3.09. The van der Waals surface area contributed by atoms with Crippen LogP contribution in [0.5, 0.6) is 0 Å². The van der Waals surface area contributed by atoms with Crippen LogP contribution in [0.3, 0.4) is 0 Å². The van der Waals surface area contributed by atoms with Gasteiger partial charge in [-0.25, -0.2) is 4.98 Å². The van der Waals surface area contributed by atoms with Crippen molar-refractivity contribution in [1.82, 2.24) is 20.5 Å². The van der Waals surface area contributed by atoms with Gasteiger partial charge in [-0.05, 0) is 24.0 Å². The van der Waals surface area contributed by atoms with Gasteiger partial charge in [-0.1, -0.05) is 31.2 Å². The molecule has 1 aliphatic rings. The minimum Gasteiger partial charge on any atom is -0.352 e. The maximum atomic E-state index is 11.8. The summed E-state index contributed by atoms with van der Waals surface area (Å²) in [5.74, 6) is 1.01. The van der Waals surface area contributed by atoms with Crippen molar-refractivity contribution >= 4 is 47.2 Å². The molecule has 0 bridgehead atoms. The summed E-state index contributed by atoms with van der Waals surface area (Å²) in [5.41, 5.74) is 2.34. The van der Waals surface area contributed by atoms with Gasteiger partial charge in [0.15, 0.2) is 5.96 Å². The molecule has 1 aromatic carbocycles. The Morgan fingerprint density at radius 1 is 1.29 bits per heavy atom. The summed E-state index contributed by atoms with van der Waals surface area (Å²) < 4.78 is 0. The normalized spacial score (nSPS) is 14.1. The number of hydrogen-bond donors (Lipinski definition) is 2. The van der Waals surface area contributed by atoms with Crippen molar-refractivity contribution in [3.63, 3.8) is 0 Å². The van der Waals surface area contributed by atoms with Crippen LogP contribution in [-0.2, 0) is 30.8 Å². The van der Waals surface area contributed by atoms with Crippen LogP contribution in [0.15, 0.2) is 35.5 Å². The number of nitrogens with one attached hydrogen (secondary N) is 2. The van der Waals surface area contributed by atoms with E-state index in [0.717, 1.165) is 30.4 Å². The first-order chi connectivity index (χ1) is 13.2. The molecule has 6 nitrogen and oxygen atoms in total. The number of carbonyl (C=O) groups excluding carboxylic acids is 1. The minimum atomic E-state index is 0. The average Bonchev–Trinajstić information content (AvgIpc) is 3.31. The van der Waals surface area contributed by atoms with E-state index in [9.17, 15) is 4.79 Å². The zero-order chi connectivity index (χ0) is 19.1. The van der Waals surface area contributed by atoms with Gasteiger partial charge in [0.2, 0.25) is 5.91 Å². The Morgan fingerprint density at radius 3 is 2.75 bits per heavy atom. The van der Waals surface area contributed by atoms with E-state index in [1.807, 2.05) is 17.2 Å². The number of likely N-dealkylation sites (tertiary alicyclic amines) is 1. The summed E-state index contributed by atoms with van der Waals surface area (Å²) in [5, 5.41) is 7.71. The second-order valence-corrected chi connectivity index (χ2v) is 7.79. The van der Waals surface area contributed by atoms with Crippen LogP contribution >= 0.6 is 35.3 Å². The van der Waals surface area contributed by atoms with Gasteiger partial charge in [-0.3, -0.25) is 9.79 Å². The van der Waals surface area contributed by atoms with Crippen molar-refractivity contribution in [3.05, 3.63) is 51.5 Å². The summed E-state index contributed by atoms with van der Waals surface area (Å²) in [7, 11) is 1.77. The monoisotopic (exact) mass is 513 g/mol. The number of nitrogens with zero attached hydrogens (tertiary/aromatic N) is 3. The molecule has 0 saturated carbocycles. The van der Waals surface area contributed by atoms with Gasteiger partial charge < -0.3 is 15.5 Å². The first-order valence-corrected chi connectivity index (χ1v) is 10.2. The molecular weight excluding hydrogens is 485 g/mol. The number of carbonyl (C=O) groups is 1. The standard InChI is InChI=1S/C20H27N5OS.HI/c1-3-17-12-22-18(27-17)13-24-20(21-2)23-11-15-6-4-7-16(10-15)14-25-9-5-8-19(25)26;/h4,6-7,10,12H,3,5,8-9,11,13-14H2,1-2H3,(H2,21,23,24);1H. The van der Waals surface area contributed by atoms with Gasteiger partial charge in [-0.2, -0.15) is 0 Å². The molecule has 152 valence electrons. The van der Waals surface area contributed by atoms with E-state index in [-0.39, 0.29) is 29.9 Å². The molecule has 2 heterocycles. The predicted octanol–water partition coefficient (Wildman–Crippen LogP) is 3.31. The number of aliphatic imine (C=N–C) groups is 1. The van der Waals surface area contributed by atoms with Crippen LogP contribution in [0.4, 0.5) is 0 Å². The van der Waals surface area contributed by atoms with Crippen LogP contribution in [0.2, 0.25) is 0 Å². The van der Waals surface area contributed by atoms with E-state index in [1.165, 1.54) is 16.0 Å². The van der Waals surface area contributed by atoms with Gasteiger partial charge >= 0.3 is 0 Å². The lowest BCUT2D eigenvalue weighted by Gasteiger charge is -2.16. The number of benzene rings is 1. The Balaban J connectivity index is 0.00000280. The maximum Gasteiger partial charge on any atom is 0.222 e. The molecule has 2 N–H and O–H groups in total. The zero-order valence-electron chi connectivity index (χ0n) is 16.4. The molecule has 0 spiro atoms. The smallest absolute Gasteiger partial charge is 0.222 e. The SMILES string of the molecule is CCc1cnc(CNC(=NC)NCc2cccc(CN3CCCC3=O)c2)s1.I. The van der Waals surface area contributed by atoms with E-state index in [4.69, 9.17) is 0 Å². The minimum absolute atomic E-state index is 0. The van der Waals surface area contributed by atoms with Crippen LogP contribution < -0.4 is 10.6 Å². The van der Waals surface area contributed by atoms with Crippen molar-refractivity contribution in [1.29, 1.82) is 0 Å². The highest BCUT2D eigenvalue weighted by atomic mass is 127. The van der Waals surface area contributed by atoms with E-state index in [1.54, 1.807) is 18.4 Å². The second-order valence-electron chi connectivity index (χ2n) is 6.59. The fourth-order valence-corrected chi connectivity index (χ4v) is 3.89. The molecule has 28 heavy (non-hydrogen) atoms. The third-order valence-corrected chi connectivity index (χ3v) is 5.72. The maximum absolute atomic E-state index is 11.8. The molecule has 0 atom stereocenters. The van der Waals surface area contributed by atoms with Gasteiger partial charge in [0.05, 0.1) is 6.54 Å². The summed E-state index contributed by atoms with van der Waals surface area (Å²) in [6.45, 7) is 5.05. The van der Waals surface area contributed by atoms with Crippen LogP contribution in [0.25, 0.3) is 0 Å². The highest BCUT2D eigenvalue weighted by molar-refractivity contribution is 14.0. The third-order valence-electron chi connectivity index (χ3n) is 4.58. The molecule has 8 heteroatoms. The zero-order valence-corrected chi connectivity index (χ0v) is 19.5. The topological polar surface area (TPSA) is 69.6 Å². The third kappa shape index (κ3) is 6.44. The van der Waals surface area contributed by atoms with Gasteiger partial charge in [-0.15, -0.1) is 35.3 Å². The van der Waals surface area contributed by atoms with E-state index >= 15 is 0 Å². The van der Waals surface area contributed by atoms with Crippen molar-refractivity contribution in [2.45, 2.75) is 45.8 Å². The summed E-state index contributed by atoms with van der Waals surface area (Å²) in [6.07, 6.45) is 4.61. The van der Waals surface area contributed by atoms with Crippen LogP contribution in [-0.4, -0.2) is 35.3 Å². The summed E-state index contributed by atoms with van der Waals surface area (Å²) in [4.78, 5) is 23.7. The number of amides is 1. The van der Waals surface area contributed by atoms with Gasteiger partial charge in [0.1, 0.15) is 5.01 Å². The molecule has 0 unspecified atom stereocenters. The summed E-state index contributed by atoms with van der Waals surface area (Å²) in [6, 6.07) is 8.37. The number of guanidine groups is 1. The van der Waals surface area contributed by atoms with Crippen LogP contribution in [0, 0.1) is 0 Å². The van der Waals surface area contributed by atoms with Crippen molar-refractivity contribution in [2.75, 3.05) is 13.6 Å². The molecule has 1 amide bonds. The van der Waals surface area contributed by atoms with E-state index < -0.39 is 0 Å². The lowest BCUT2D eigenvalue weighted by Crippen LogP contribution is -2.36. The number of hydrogen-bond acceptors (Lipinski definition) is 4. The number of thiazole rings is 1. The summed E-state index contributed by atoms with van der Waals surface area (Å²) >= 11 is 1.73. The van der Waals surface area contributed by atoms with Gasteiger partial charge in [0.25, 0.3) is 0 Å². The van der Waals surface area contributed by atoms with E-state index in [0.29, 0.717) is 26.1 Å². The van der Waals surface area contributed by atoms with Crippen molar-refractivity contribution in [3.8, 4) is 0 Å². The van der Waals surface area contributed by atoms with Crippen molar-refractivity contribution in [2.24, 2.45) is 4.99 Å². The predicted molar refractivity (Wildman–Crippen MR) is 125 cm³/mol. The molecule has 0 radical (unpaired) electrons. The molecule has 1 fully saturated rings. The van der Waals surface area contributed by atoms with Crippen molar-refractivity contribution < 1.29 is 4.79 Å². The quantitative estimate of drug-likeness (QED) is 0.339. The molecule has 3 rings (SSSR count). The second kappa shape index (κ2) is 11.4. The number of aromatic nitrogens is 1. The van der Waals surface area contributed by atoms with E-state index in [2.05, 4.69) is 45.7 Å². The molecular formula is C20H28IN5OS. The van der Waals surface area contributed by atoms with Gasteiger partial charge in [0, 0.05) is 44.2 Å². The Hall–Kier alpha value is -1.68. The Labute approximate surface area is 187 Å². The molecule has 2 aromatic rings. The fraction of sp³-hybridized carbons (Fsp3) is 0.450. The lowest BCUT2D eigenvalue weighted by molar-refractivity contribution is -0.128. The average molecular weight is 513 g/mol. The molecule has 0 aliphatic carbocycles. The highest BCUT2D eigenvalue weighted by Gasteiger charge is 2.19. The Kier molecular flexibility index (Phi) is 9.17. The van der Waals surface area contributed by atoms with Crippen LogP contribution in [0.1, 0.15) is 40.8 Å². The first-order valence-electron chi connectivity index (χ1n) is 9.41. The largest absolute Gasteiger partial charge is 0.352 e.